The van der Waals surface area contributed by atoms with E-state index in [0.29, 0.717) is 23.2 Å². The molecule has 0 saturated heterocycles. The van der Waals surface area contributed by atoms with E-state index in [2.05, 4.69) is 10.6 Å². The van der Waals surface area contributed by atoms with Gasteiger partial charge in [-0.2, -0.15) is 0 Å². The SMILES string of the molecule is CCC[C@H](NC(N)=O)C(=O)N[C@H](C)c1oc2ccc(F)cc2c1C. The van der Waals surface area contributed by atoms with E-state index < -0.39 is 18.1 Å². The second kappa shape index (κ2) is 7.33. The number of carbonyl (C=O) groups is 2. The van der Waals surface area contributed by atoms with Gasteiger partial charge in [0, 0.05) is 10.9 Å². The third-order valence-corrected chi connectivity index (χ3v) is 3.90. The Morgan fingerprint density at radius 3 is 2.67 bits per heavy atom. The molecule has 2 rings (SSSR count). The normalized spacial score (nSPS) is 13.5. The van der Waals surface area contributed by atoms with Crippen LogP contribution < -0.4 is 16.4 Å². The minimum Gasteiger partial charge on any atom is -0.459 e. The molecule has 3 amide bonds. The number of aryl methyl sites for hydroxylation is 1. The van der Waals surface area contributed by atoms with Crippen molar-refractivity contribution >= 4 is 22.9 Å². The molecule has 0 fully saturated rings. The van der Waals surface area contributed by atoms with Crippen LogP contribution in [0.5, 0.6) is 0 Å². The summed E-state index contributed by atoms with van der Waals surface area (Å²) in [5.41, 5.74) is 6.44. The summed E-state index contributed by atoms with van der Waals surface area (Å²) < 4.78 is 19.1. The van der Waals surface area contributed by atoms with Crippen molar-refractivity contribution in [3.8, 4) is 0 Å². The summed E-state index contributed by atoms with van der Waals surface area (Å²) in [5, 5.41) is 5.91. The zero-order valence-electron chi connectivity index (χ0n) is 14.0. The van der Waals surface area contributed by atoms with Crippen molar-refractivity contribution in [2.75, 3.05) is 0 Å². The molecular weight excluding hydrogens is 313 g/mol. The lowest BCUT2D eigenvalue weighted by Gasteiger charge is -2.19. The third kappa shape index (κ3) is 3.84. The molecule has 0 aliphatic carbocycles. The highest BCUT2D eigenvalue weighted by Crippen LogP contribution is 2.29. The van der Waals surface area contributed by atoms with Crippen LogP contribution in [-0.2, 0) is 4.79 Å². The number of carbonyl (C=O) groups excluding carboxylic acids is 2. The highest BCUT2D eigenvalue weighted by molar-refractivity contribution is 5.87. The number of hydrogen-bond acceptors (Lipinski definition) is 3. The van der Waals surface area contributed by atoms with Gasteiger partial charge in [-0.1, -0.05) is 13.3 Å². The van der Waals surface area contributed by atoms with Crippen molar-refractivity contribution < 1.29 is 18.4 Å². The zero-order chi connectivity index (χ0) is 17.9. The van der Waals surface area contributed by atoms with Crippen molar-refractivity contribution in [2.45, 2.75) is 45.7 Å². The maximum atomic E-state index is 13.4. The largest absolute Gasteiger partial charge is 0.459 e. The summed E-state index contributed by atoms with van der Waals surface area (Å²) in [4.78, 5) is 23.4. The fourth-order valence-corrected chi connectivity index (χ4v) is 2.73. The summed E-state index contributed by atoms with van der Waals surface area (Å²) in [6.07, 6.45) is 1.20. The number of rotatable bonds is 6. The summed E-state index contributed by atoms with van der Waals surface area (Å²) in [6, 6.07) is 2.42. The lowest BCUT2D eigenvalue weighted by atomic mass is 10.1. The van der Waals surface area contributed by atoms with Crippen LogP contribution in [-0.4, -0.2) is 18.0 Å². The Morgan fingerprint density at radius 2 is 2.04 bits per heavy atom. The molecular formula is C17H22FN3O3. The van der Waals surface area contributed by atoms with Gasteiger partial charge in [-0.05, 0) is 38.5 Å². The van der Waals surface area contributed by atoms with E-state index in [4.69, 9.17) is 10.2 Å². The lowest BCUT2D eigenvalue weighted by Crippen LogP contribution is -2.49. The first kappa shape index (κ1) is 17.8. The number of fused-ring (bicyclic) bond motifs is 1. The number of hydrogen-bond donors (Lipinski definition) is 3. The molecule has 0 unspecified atom stereocenters. The molecule has 2 aromatic rings. The van der Waals surface area contributed by atoms with Crippen molar-refractivity contribution in [1.29, 1.82) is 0 Å². The molecule has 4 N–H and O–H groups in total. The quantitative estimate of drug-likeness (QED) is 0.757. The molecule has 1 aromatic heterocycles. The van der Waals surface area contributed by atoms with Crippen LogP contribution in [0.2, 0.25) is 0 Å². The Balaban J connectivity index is 2.19. The number of halogens is 1. The van der Waals surface area contributed by atoms with Gasteiger partial charge in [0.15, 0.2) is 0 Å². The van der Waals surface area contributed by atoms with Crippen LogP contribution in [0.25, 0.3) is 11.0 Å². The molecule has 0 radical (unpaired) electrons. The number of nitrogens with one attached hydrogen (secondary N) is 2. The monoisotopic (exact) mass is 335 g/mol. The van der Waals surface area contributed by atoms with Gasteiger partial charge in [0.25, 0.3) is 0 Å². The highest BCUT2D eigenvalue weighted by Gasteiger charge is 2.24. The highest BCUT2D eigenvalue weighted by atomic mass is 19.1. The zero-order valence-corrected chi connectivity index (χ0v) is 14.0. The Labute approximate surface area is 139 Å². The third-order valence-electron chi connectivity index (χ3n) is 3.90. The smallest absolute Gasteiger partial charge is 0.312 e. The van der Waals surface area contributed by atoms with Gasteiger partial charge in [0.2, 0.25) is 5.91 Å². The Bertz CT molecular complexity index is 757. The van der Waals surface area contributed by atoms with E-state index in [1.807, 2.05) is 13.8 Å². The summed E-state index contributed by atoms with van der Waals surface area (Å²) in [7, 11) is 0. The minimum absolute atomic E-state index is 0.339. The summed E-state index contributed by atoms with van der Waals surface area (Å²) >= 11 is 0. The fraction of sp³-hybridized carbons (Fsp3) is 0.412. The van der Waals surface area contributed by atoms with Crippen LogP contribution in [0.1, 0.15) is 44.1 Å². The van der Waals surface area contributed by atoms with E-state index in [9.17, 15) is 14.0 Å². The molecule has 0 bridgehead atoms. The van der Waals surface area contributed by atoms with Gasteiger partial charge in [-0.15, -0.1) is 0 Å². The average molecular weight is 335 g/mol. The molecule has 1 heterocycles. The number of furan rings is 1. The number of amides is 3. The number of benzene rings is 1. The average Bonchev–Trinajstić information content (AvgIpc) is 2.83. The standard InChI is InChI=1S/C17H22FN3O3/c1-4-5-13(21-17(19)23)16(22)20-10(3)15-9(2)12-8-11(18)6-7-14(12)24-15/h6-8,10,13H,4-5H2,1-3H3,(H,20,22)(H3,19,21,23)/t10-,13+/m1/s1. The maximum absolute atomic E-state index is 13.4. The Morgan fingerprint density at radius 1 is 1.33 bits per heavy atom. The van der Waals surface area contributed by atoms with E-state index >= 15 is 0 Å². The first-order valence-electron chi connectivity index (χ1n) is 7.88. The molecule has 7 heteroatoms. The first-order valence-corrected chi connectivity index (χ1v) is 7.88. The van der Waals surface area contributed by atoms with Crippen molar-refractivity contribution in [2.24, 2.45) is 5.73 Å². The van der Waals surface area contributed by atoms with Gasteiger partial charge in [0.05, 0.1) is 6.04 Å². The number of urea groups is 1. The van der Waals surface area contributed by atoms with Gasteiger partial charge in [0.1, 0.15) is 23.2 Å². The lowest BCUT2D eigenvalue weighted by molar-refractivity contribution is -0.123. The summed E-state index contributed by atoms with van der Waals surface area (Å²) in [6.45, 7) is 5.49. The topological polar surface area (TPSA) is 97.4 Å². The number of nitrogens with two attached hydrogens (primary N) is 1. The molecule has 0 aliphatic rings. The van der Waals surface area contributed by atoms with Crippen LogP contribution in [0.3, 0.4) is 0 Å². The van der Waals surface area contributed by atoms with Gasteiger partial charge in [-0.3, -0.25) is 4.79 Å². The van der Waals surface area contributed by atoms with E-state index in [1.54, 1.807) is 13.0 Å². The number of primary amides is 1. The van der Waals surface area contributed by atoms with E-state index in [0.717, 1.165) is 12.0 Å². The molecule has 130 valence electrons. The maximum Gasteiger partial charge on any atom is 0.312 e. The van der Waals surface area contributed by atoms with Crippen LogP contribution in [0.15, 0.2) is 22.6 Å². The minimum atomic E-state index is -0.744. The second-order valence-corrected chi connectivity index (χ2v) is 5.81. The van der Waals surface area contributed by atoms with Crippen LogP contribution in [0, 0.1) is 12.7 Å². The second-order valence-electron chi connectivity index (χ2n) is 5.81. The molecule has 24 heavy (non-hydrogen) atoms. The molecule has 6 nitrogen and oxygen atoms in total. The van der Waals surface area contributed by atoms with Crippen molar-refractivity contribution in [1.82, 2.24) is 10.6 Å². The van der Waals surface area contributed by atoms with E-state index in [-0.39, 0.29) is 11.7 Å². The molecule has 1 aromatic carbocycles. The molecule has 0 spiro atoms. The molecule has 0 aliphatic heterocycles. The van der Waals surface area contributed by atoms with Gasteiger partial charge in [-0.25, -0.2) is 9.18 Å². The molecule has 0 saturated carbocycles. The van der Waals surface area contributed by atoms with Gasteiger partial charge >= 0.3 is 6.03 Å². The van der Waals surface area contributed by atoms with Crippen LogP contribution in [0.4, 0.5) is 9.18 Å². The Kier molecular flexibility index (Phi) is 5.43. The van der Waals surface area contributed by atoms with Crippen LogP contribution >= 0.6 is 0 Å². The summed E-state index contributed by atoms with van der Waals surface area (Å²) in [5.74, 6) is -0.129. The predicted molar refractivity (Wildman–Crippen MR) is 88.9 cm³/mol. The van der Waals surface area contributed by atoms with E-state index in [1.165, 1.54) is 12.1 Å². The molecule has 2 atom stereocenters. The first-order chi connectivity index (χ1) is 11.3. The van der Waals surface area contributed by atoms with Gasteiger partial charge < -0.3 is 20.8 Å². The predicted octanol–water partition coefficient (Wildman–Crippen LogP) is 2.89. The Hall–Kier alpha value is -2.57. The van der Waals surface area contributed by atoms with Crippen molar-refractivity contribution in [3.05, 3.63) is 35.3 Å². The van der Waals surface area contributed by atoms with Crippen molar-refractivity contribution in [3.63, 3.8) is 0 Å². The fourth-order valence-electron chi connectivity index (χ4n) is 2.73.